The van der Waals surface area contributed by atoms with Crippen molar-refractivity contribution in [3.8, 4) is 0 Å². The van der Waals surface area contributed by atoms with Gasteiger partial charge < -0.3 is 10.2 Å². The first-order valence-electron chi connectivity index (χ1n) is 7.71. The van der Waals surface area contributed by atoms with Crippen molar-refractivity contribution in [2.45, 2.75) is 26.4 Å². The van der Waals surface area contributed by atoms with Crippen molar-refractivity contribution >= 4 is 15.9 Å². The van der Waals surface area contributed by atoms with Gasteiger partial charge in [0.1, 0.15) is 0 Å². The molecule has 8 nitrogen and oxygen atoms in total. The monoisotopic (exact) mass is 343 g/mol. The Hall–Kier alpha value is -1.45. The lowest BCUT2D eigenvalue weighted by atomic mass is 10.3. The summed E-state index contributed by atoms with van der Waals surface area (Å²) in [5.74, 6) is 0.00152. The minimum atomic E-state index is -3.16. The summed E-state index contributed by atoms with van der Waals surface area (Å²) in [6, 6.07) is 0.121. The number of piperazine rings is 1. The third-order valence-corrected chi connectivity index (χ3v) is 5.19. The molecule has 0 radical (unpaired) electrons. The topological polar surface area (TPSA) is 87.5 Å². The summed E-state index contributed by atoms with van der Waals surface area (Å²) in [5, 5.41) is 7.42. The maximum atomic E-state index is 12.2. The molecule has 0 unspecified atom stereocenters. The van der Waals surface area contributed by atoms with E-state index in [1.165, 1.54) is 10.6 Å². The molecular formula is C14H25N5O3S. The largest absolute Gasteiger partial charge is 0.339 e. The average Bonchev–Trinajstić information content (AvgIpc) is 2.89. The number of hydrogen-bond donors (Lipinski definition) is 1. The SMILES string of the molecule is Cc1cnn(C[C@H](C)NCC(=O)N2CCN(S(C)(=O)=O)CC2)c1. The molecule has 0 bridgehead atoms. The van der Waals surface area contributed by atoms with Gasteiger partial charge in [0, 0.05) is 38.4 Å². The molecule has 0 saturated carbocycles. The van der Waals surface area contributed by atoms with Crippen molar-refractivity contribution in [3.63, 3.8) is 0 Å². The van der Waals surface area contributed by atoms with Gasteiger partial charge >= 0.3 is 0 Å². The van der Waals surface area contributed by atoms with Crippen molar-refractivity contribution in [2.24, 2.45) is 0 Å². The minimum Gasteiger partial charge on any atom is -0.339 e. The number of nitrogens with zero attached hydrogens (tertiary/aromatic N) is 4. The van der Waals surface area contributed by atoms with E-state index in [0.717, 1.165) is 5.56 Å². The number of sulfonamides is 1. The maximum absolute atomic E-state index is 12.2. The van der Waals surface area contributed by atoms with E-state index in [-0.39, 0.29) is 18.5 Å². The fourth-order valence-corrected chi connectivity index (χ4v) is 3.38. The van der Waals surface area contributed by atoms with Crippen molar-refractivity contribution in [1.82, 2.24) is 24.3 Å². The summed E-state index contributed by atoms with van der Waals surface area (Å²) >= 11 is 0. The highest BCUT2D eigenvalue weighted by atomic mass is 32.2. The van der Waals surface area contributed by atoms with Crippen LogP contribution in [-0.2, 0) is 21.4 Å². The van der Waals surface area contributed by atoms with Gasteiger partial charge in [-0.2, -0.15) is 9.40 Å². The van der Waals surface area contributed by atoms with Gasteiger partial charge in [-0.15, -0.1) is 0 Å². The third-order valence-electron chi connectivity index (χ3n) is 3.89. The number of nitrogens with one attached hydrogen (secondary N) is 1. The molecule has 1 aromatic heterocycles. The van der Waals surface area contributed by atoms with Crippen LogP contribution >= 0.6 is 0 Å². The van der Waals surface area contributed by atoms with Crippen LogP contribution in [0, 0.1) is 6.92 Å². The van der Waals surface area contributed by atoms with E-state index in [0.29, 0.717) is 32.7 Å². The number of amides is 1. The van der Waals surface area contributed by atoms with Crippen molar-refractivity contribution < 1.29 is 13.2 Å². The standard InChI is InChI=1S/C14H25N5O3S/c1-12-8-16-18(10-12)11-13(2)15-9-14(20)17-4-6-19(7-5-17)23(3,21)22/h8,10,13,15H,4-7,9,11H2,1-3H3/t13-/m0/s1. The Morgan fingerprint density at radius 2 is 2.00 bits per heavy atom. The van der Waals surface area contributed by atoms with Gasteiger partial charge in [-0.25, -0.2) is 8.42 Å². The van der Waals surface area contributed by atoms with Crippen molar-refractivity contribution in [2.75, 3.05) is 39.0 Å². The Balaban J connectivity index is 1.73. The highest BCUT2D eigenvalue weighted by molar-refractivity contribution is 7.88. The zero-order chi connectivity index (χ0) is 17.0. The van der Waals surface area contributed by atoms with E-state index in [1.54, 1.807) is 11.1 Å². The molecule has 2 heterocycles. The Bertz CT molecular complexity index is 635. The second kappa shape index (κ2) is 7.41. The molecule has 1 amide bonds. The summed E-state index contributed by atoms with van der Waals surface area (Å²) < 4.78 is 26.2. The van der Waals surface area contributed by atoms with Gasteiger partial charge in [-0.3, -0.25) is 9.48 Å². The minimum absolute atomic E-state index is 0.00152. The normalized spacial score (nSPS) is 18.1. The lowest BCUT2D eigenvalue weighted by Gasteiger charge is -2.33. The predicted octanol–water partition coefficient (Wildman–Crippen LogP) is -0.727. The molecule has 0 spiro atoms. The summed E-state index contributed by atoms with van der Waals surface area (Å²) in [4.78, 5) is 13.9. The average molecular weight is 343 g/mol. The lowest BCUT2D eigenvalue weighted by molar-refractivity contribution is -0.131. The first-order chi connectivity index (χ1) is 10.8. The Morgan fingerprint density at radius 1 is 1.35 bits per heavy atom. The van der Waals surface area contributed by atoms with Crippen LogP contribution < -0.4 is 5.32 Å². The highest BCUT2D eigenvalue weighted by Crippen LogP contribution is 2.06. The zero-order valence-electron chi connectivity index (χ0n) is 13.9. The van der Waals surface area contributed by atoms with E-state index in [4.69, 9.17) is 0 Å². The molecule has 0 aliphatic carbocycles. The van der Waals surface area contributed by atoms with E-state index in [9.17, 15) is 13.2 Å². The first kappa shape index (κ1) is 17.9. The number of aryl methyl sites for hydroxylation is 1. The molecule has 1 aromatic rings. The van der Waals surface area contributed by atoms with Crippen LogP contribution in [0.15, 0.2) is 12.4 Å². The van der Waals surface area contributed by atoms with E-state index >= 15 is 0 Å². The fourth-order valence-electron chi connectivity index (χ4n) is 2.55. The van der Waals surface area contributed by atoms with E-state index < -0.39 is 10.0 Å². The molecule has 1 N–H and O–H groups in total. The van der Waals surface area contributed by atoms with Crippen LogP contribution in [0.25, 0.3) is 0 Å². The molecule has 130 valence electrons. The zero-order valence-corrected chi connectivity index (χ0v) is 14.7. The molecular weight excluding hydrogens is 318 g/mol. The van der Waals surface area contributed by atoms with Crippen LogP contribution in [0.5, 0.6) is 0 Å². The van der Waals surface area contributed by atoms with Gasteiger partial charge in [0.15, 0.2) is 0 Å². The Labute approximate surface area is 137 Å². The molecule has 9 heteroatoms. The number of carbonyl (C=O) groups is 1. The Morgan fingerprint density at radius 3 is 2.52 bits per heavy atom. The van der Waals surface area contributed by atoms with Gasteiger partial charge in [-0.05, 0) is 19.4 Å². The van der Waals surface area contributed by atoms with Crippen LogP contribution in [0.2, 0.25) is 0 Å². The summed E-state index contributed by atoms with van der Waals surface area (Å²) in [6.07, 6.45) is 4.97. The number of rotatable bonds is 6. The van der Waals surface area contributed by atoms with Crippen LogP contribution in [0.3, 0.4) is 0 Å². The smallest absolute Gasteiger partial charge is 0.236 e. The van der Waals surface area contributed by atoms with E-state index in [1.807, 2.05) is 24.7 Å². The molecule has 1 aliphatic heterocycles. The molecule has 1 fully saturated rings. The van der Waals surface area contributed by atoms with Crippen molar-refractivity contribution in [1.29, 1.82) is 0 Å². The van der Waals surface area contributed by atoms with Gasteiger partial charge in [0.2, 0.25) is 15.9 Å². The fraction of sp³-hybridized carbons (Fsp3) is 0.714. The molecule has 2 rings (SSSR count). The first-order valence-corrected chi connectivity index (χ1v) is 9.56. The van der Waals surface area contributed by atoms with Crippen LogP contribution in [-0.4, -0.2) is 78.3 Å². The second-order valence-corrected chi connectivity index (χ2v) is 8.05. The summed E-state index contributed by atoms with van der Waals surface area (Å²) in [7, 11) is -3.16. The number of hydrogen-bond acceptors (Lipinski definition) is 5. The van der Waals surface area contributed by atoms with Crippen molar-refractivity contribution in [3.05, 3.63) is 18.0 Å². The van der Waals surface area contributed by atoms with E-state index in [2.05, 4.69) is 10.4 Å². The molecule has 23 heavy (non-hydrogen) atoms. The summed E-state index contributed by atoms with van der Waals surface area (Å²) in [6.45, 7) is 6.57. The predicted molar refractivity (Wildman–Crippen MR) is 87.4 cm³/mol. The van der Waals surface area contributed by atoms with Gasteiger partial charge in [0.25, 0.3) is 0 Å². The molecule has 1 saturated heterocycles. The second-order valence-electron chi connectivity index (χ2n) is 6.06. The van der Waals surface area contributed by atoms with Crippen LogP contribution in [0.4, 0.5) is 0 Å². The summed E-state index contributed by atoms with van der Waals surface area (Å²) in [5.41, 5.74) is 1.11. The lowest BCUT2D eigenvalue weighted by Crippen LogP contribution is -2.52. The molecule has 1 aliphatic rings. The number of carbonyl (C=O) groups excluding carboxylic acids is 1. The maximum Gasteiger partial charge on any atom is 0.236 e. The number of aromatic nitrogens is 2. The van der Waals surface area contributed by atoms with Gasteiger partial charge in [-0.1, -0.05) is 0 Å². The van der Waals surface area contributed by atoms with Crippen LogP contribution in [0.1, 0.15) is 12.5 Å². The highest BCUT2D eigenvalue weighted by Gasteiger charge is 2.25. The third kappa shape index (κ3) is 5.29. The molecule has 1 atom stereocenters. The Kier molecular flexibility index (Phi) is 5.77. The quantitative estimate of drug-likeness (QED) is 0.736. The molecule has 0 aromatic carbocycles. The van der Waals surface area contributed by atoms with Gasteiger partial charge in [0.05, 0.1) is 25.5 Å².